The average Bonchev–Trinajstić information content (AvgIpc) is 2.30. The topological polar surface area (TPSA) is 75.4 Å². The molecule has 1 rings (SSSR count). The van der Waals surface area contributed by atoms with E-state index in [0.717, 1.165) is 9.26 Å². The van der Waals surface area contributed by atoms with Gasteiger partial charge in [-0.25, -0.2) is 0 Å². The van der Waals surface area contributed by atoms with E-state index in [9.17, 15) is 10.1 Å². The molecule has 0 heterocycles. The van der Waals surface area contributed by atoms with Crippen molar-refractivity contribution in [3.05, 3.63) is 31.9 Å². The van der Waals surface area contributed by atoms with E-state index in [1.807, 2.05) is 13.8 Å². The zero-order valence-corrected chi connectivity index (χ0v) is 11.8. The van der Waals surface area contributed by atoms with Crippen LogP contribution < -0.4 is 5.32 Å². The van der Waals surface area contributed by atoms with Crippen molar-refractivity contribution in [2.75, 3.05) is 11.9 Å². The van der Waals surface area contributed by atoms with E-state index < -0.39 is 4.92 Å². The molecule has 0 amide bonds. The second-order valence-corrected chi connectivity index (χ2v) is 5.18. The van der Waals surface area contributed by atoms with Gasteiger partial charge in [-0.1, -0.05) is 6.92 Å². The fourth-order valence-corrected chi connectivity index (χ4v) is 1.93. The Labute approximate surface area is 114 Å². The monoisotopic (exact) mass is 350 g/mol. The minimum absolute atomic E-state index is 0.0859. The third kappa shape index (κ3) is 3.81. The van der Waals surface area contributed by atoms with E-state index in [1.54, 1.807) is 6.07 Å². The summed E-state index contributed by atoms with van der Waals surface area (Å²) in [5, 5.41) is 22.9. The Hall–Kier alpha value is -0.890. The van der Waals surface area contributed by atoms with Crippen LogP contribution in [0, 0.1) is 19.6 Å². The number of nitro groups is 1. The van der Waals surface area contributed by atoms with Crippen molar-refractivity contribution in [2.45, 2.75) is 19.9 Å². The van der Waals surface area contributed by atoms with E-state index in [0.29, 0.717) is 0 Å². The molecule has 0 spiro atoms. The number of anilines is 1. The number of hydrogen-bond acceptors (Lipinski definition) is 4. The van der Waals surface area contributed by atoms with E-state index in [-0.39, 0.29) is 24.3 Å². The summed E-state index contributed by atoms with van der Waals surface area (Å²) in [5.74, 6) is 0.126. The molecule has 94 valence electrons. The van der Waals surface area contributed by atoms with Crippen LogP contribution in [0.3, 0.4) is 0 Å². The van der Waals surface area contributed by atoms with E-state index in [1.165, 1.54) is 12.1 Å². The summed E-state index contributed by atoms with van der Waals surface area (Å²) in [6.07, 6.45) is 0. The van der Waals surface area contributed by atoms with Crippen LogP contribution in [0.1, 0.15) is 13.8 Å². The molecule has 1 aromatic carbocycles. The first-order chi connectivity index (χ1) is 7.95. The number of halogens is 1. The molecule has 0 saturated heterocycles. The van der Waals surface area contributed by atoms with Gasteiger partial charge in [0.15, 0.2) is 0 Å². The predicted molar refractivity (Wildman–Crippen MR) is 75.1 cm³/mol. The zero-order chi connectivity index (χ0) is 13.0. The number of hydrogen-bond donors (Lipinski definition) is 2. The molecule has 5 nitrogen and oxygen atoms in total. The lowest BCUT2D eigenvalue weighted by Crippen LogP contribution is -2.26. The fraction of sp³-hybridized carbons (Fsp3) is 0.455. The Kier molecular flexibility index (Phi) is 5.13. The molecule has 0 aliphatic carbocycles. The van der Waals surface area contributed by atoms with Gasteiger partial charge in [-0.15, -0.1) is 0 Å². The molecule has 2 atom stereocenters. The summed E-state index contributed by atoms with van der Waals surface area (Å²) in [7, 11) is 0. The maximum atomic E-state index is 10.6. The minimum atomic E-state index is -0.411. The Balaban J connectivity index is 2.82. The highest BCUT2D eigenvalue weighted by Gasteiger charge is 2.14. The molecule has 0 saturated carbocycles. The molecular formula is C11H15IN2O3. The number of nitrogens with one attached hydrogen (secondary N) is 1. The summed E-state index contributed by atoms with van der Waals surface area (Å²) in [5.41, 5.74) is 0.937. The van der Waals surface area contributed by atoms with Gasteiger partial charge < -0.3 is 10.4 Å². The average molecular weight is 350 g/mol. The maximum Gasteiger partial charge on any atom is 0.270 e. The van der Waals surface area contributed by atoms with Gasteiger partial charge in [-0.2, -0.15) is 0 Å². The highest BCUT2D eigenvalue weighted by atomic mass is 127. The van der Waals surface area contributed by atoms with Gasteiger partial charge in [0.2, 0.25) is 0 Å². The van der Waals surface area contributed by atoms with Gasteiger partial charge in [0.1, 0.15) is 0 Å². The number of aliphatic hydroxyl groups is 1. The standard InChI is InChI=1S/C11H15IN2O3/c1-7(6-15)8(2)13-11-4-3-9(14(16)17)5-10(11)12/h3-5,7-8,13,15H,6H2,1-2H3. The number of aliphatic hydroxyl groups excluding tert-OH is 1. The van der Waals surface area contributed by atoms with Gasteiger partial charge in [-0.05, 0) is 41.5 Å². The first kappa shape index (κ1) is 14.2. The quantitative estimate of drug-likeness (QED) is 0.486. The van der Waals surface area contributed by atoms with Crippen molar-refractivity contribution in [3.8, 4) is 0 Å². The number of rotatable bonds is 5. The van der Waals surface area contributed by atoms with Crippen molar-refractivity contribution in [3.63, 3.8) is 0 Å². The summed E-state index contributed by atoms with van der Waals surface area (Å²) < 4.78 is 0.800. The van der Waals surface area contributed by atoms with Crippen LogP contribution in [0.5, 0.6) is 0 Å². The lowest BCUT2D eigenvalue weighted by atomic mass is 10.0. The molecule has 17 heavy (non-hydrogen) atoms. The Morgan fingerprint density at radius 3 is 2.65 bits per heavy atom. The summed E-state index contributed by atoms with van der Waals surface area (Å²) in [4.78, 5) is 10.2. The van der Waals surface area contributed by atoms with Gasteiger partial charge in [0, 0.05) is 34.0 Å². The molecule has 1 aromatic rings. The van der Waals surface area contributed by atoms with E-state index >= 15 is 0 Å². The van der Waals surface area contributed by atoms with Crippen LogP contribution in [0.15, 0.2) is 18.2 Å². The molecule has 2 N–H and O–H groups in total. The Bertz CT molecular complexity index is 412. The number of non-ortho nitro benzene ring substituents is 1. The minimum Gasteiger partial charge on any atom is -0.396 e. The smallest absolute Gasteiger partial charge is 0.270 e. The van der Waals surface area contributed by atoms with Gasteiger partial charge in [0.05, 0.1) is 4.92 Å². The second kappa shape index (κ2) is 6.15. The molecule has 0 bridgehead atoms. The highest BCUT2D eigenvalue weighted by molar-refractivity contribution is 14.1. The Morgan fingerprint density at radius 1 is 1.53 bits per heavy atom. The molecule has 0 aliphatic rings. The van der Waals surface area contributed by atoms with Gasteiger partial charge >= 0.3 is 0 Å². The van der Waals surface area contributed by atoms with Gasteiger partial charge in [-0.3, -0.25) is 10.1 Å². The summed E-state index contributed by atoms with van der Waals surface area (Å²) in [6, 6.07) is 4.80. The summed E-state index contributed by atoms with van der Waals surface area (Å²) >= 11 is 2.06. The largest absolute Gasteiger partial charge is 0.396 e. The normalized spacial score (nSPS) is 14.1. The molecular weight excluding hydrogens is 335 g/mol. The van der Waals surface area contributed by atoms with E-state index in [4.69, 9.17) is 5.11 Å². The first-order valence-corrected chi connectivity index (χ1v) is 6.35. The van der Waals surface area contributed by atoms with Crippen molar-refractivity contribution in [1.82, 2.24) is 0 Å². The molecule has 0 aliphatic heterocycles. The van der Waals surface area contributed by atoms with Crippen molar-refractivity contribution < 1.29 is 10.0 Å². The van der Waals surface area contributed by atoms with Crippen molar-refractivity contribution in [1.29, 1.82) is 0 Å². The van der Waals surface area contributed by atoms with Crippen molar-refractivity contribution in [2.24, 2.45) is 5.92 Å². The summed E-state index contributed by atoms with van der Waals surface area (Å²) in [6.45, 7) is 4.02. The molecule has 0 aromatic heterocycles. The molecule has 2 unspecified atom stereocenters. The van der Waals surface area contributed by atoms with Crippen molar-refractivity contribution >= 4 is 34.0 Å². The maximum absolute atomic E-state index is 10.6. The third-order valence-corrected chi connectivity index (χ3v) is 3.58. The predicted octanol–water partition coefficient (Wildman–Crippen LogP) is 2.63. The molecule has 0 radical (unpaired) electrons. The van der Waals surface area contributed by atoms with Crippen LogP contribution in [0.2, 0.25) is 0 Å². The first-order valence-electron chi connectivity index (χ1n) is 5.27. The van der Waals surface area contributed by atoms with Crippen LogP contribution in [0.4, 0.5) is 11.4 Å². The highest BCUT2D eigenvalue weighted by Crippen LogP contribution is 2.25. The lowest BCUT2D eigenvalue weighted by molar-refractivity contribution is -0.384. The third-order valence-electron chi connectivity index (χ3n) is 2.69. The van der Waals surface area contributed by atoms with Crippen LogP contribution in [0.25, 0.3) is 0 Å². The van der Waals surface area contributed by atoms with Crippen LogP contribution in [-0.4, -0.2) is 22.7 Å². The van der Waals surface area contributed by atoms with Gasteiger partial charge in [0.25, 0.3) is 5.69 Å². The zero-order valence-electron chi connectivity index (χ0n) is 9.68. The van der Waals surface area contributed by atoms with Crippen LogP contribution >= 0.6 is 22.6 Å². The Morgan fingerprint density at radius 2 is 2.18 bits per heavy atom. The molecule has 0 fully saturated rings. The van der Waals surface area contributed by atoms with Crippen LogP contribution in [-0.2, 0) is 0 Å². The lowest BCUT2D eigenvalue weighted by Gasteiger charge is -2.21. The number of benzene rings is 1. The van der Waals surface area contributed by atoms with E-state index in [2.05, 4.69) is 27.9 Å². The number of nitro benzene ring substituents is 1. The fourth-order valence-electron chi connectivity index (χ4n) is 1.28. The molecule has 6 heteroatoms. The number of nitrogens with zero attached hydrogens (tertiary/aromatic N) is 1. The SMILES string of the molecule is CC(CO)C(C)Nc1ccc([N+](=O)[O-])cc1I. The second-order valence-electron chi connectivity index (χ2n) is 4.01.